The summed E-state index contributed by atoms with van der Waals surface area (Å²) < 4.78 is 2.03. The quantitative estimate of drug-likeness (QED) is 0.759. The number of carbonyl (C=O) groups is 1. The number of pyridine rings is 1. The van der Waals surface area contributed by atoms with Crippen LogP contribution < -0.4 is 5.32 Å². The molecule has 0 saturated heterocycles. The van der Waals surface area contributed by atoms with E-state index in [0.29, 0.717) is 11.5 Å². The van der Waals surface area contributed by atoms with Gasteiger partial charge in [-0.05, 0) is 66.6 Å². The van der Waals surface area contributed by atoms with Crippen molar-refractivity contribution < 1.29 is 4.79 Å². The predicted octanol–water partition coefficient (Wildman–Crippen LogP) is 4.14. The van der Waals surface area contributed by atoms with E-state index in [1.54, 1.807) is 0 Å². The summed E-state index contributed by atoms with van der Waals surface area (Å²) in [6.45, 7) is 9.24. The van der Waals surface area contributed by atoms with Crippen molar-refractivity contribution in [1.82, 2.24) is 19.9 Å². The van der Waals surface area contributed by atoms with Crippen molar-refractivity contribution in [3.8, 4) is 11.1 Å². The Morgan fingerprint density at radius 3 is 2.67 bits per heavy atom. The number of amides is 1. The first-order chi connectivity index (χ1) is 12.8. The molecule has 1 aliphatic carbocycles. The van der Waals surface area contributed by atoms with E-state index in [1.807, 2.05) is 34.9 Å². The van der Waals surface area contributed by atoms with Crippen molar-refractivity contribution in [1.29, 1.82) is 0 Å². The minimum Gasteiger partial charge on any atom is -0.352 e. The van der Waals surface area contributed by atoms with Gasteiger partial charge in [-0.1, -0.05) is 26.8 Å². The standard InChI is InChI=1S/C22H26N4O/c1-14-5-8-17(20(27)23-13-15-6-7-15)11-18(14)16-9-10-26-19(12-16)24-25-21(26)22(2,3)4/h5,8-12,15H,6-7,13H2,1-4H3,(H,23,27). The number of aryl methyl sites for hydroxylation is 1. The molecular weight excluding hydrogens is 336 g/mol. The molecule has 0 atom stereocenters. The number of aromatic nitrogens is 3. The Kier molecular flexibility index (Phi) is 4.25. The molecule has 140 valence electrons. The molecule has 2 heterocycles. The lowest BCUT2D eigenvalue weighted by molar-refractivity contribution is 0.0952. The van der Waals surface area contributed by atoms with E-state index in [1.165, 1.54) is 12.8 Å². The number of nitrogens with one attached hydrogen (secondary N) is 1. The van der Waals surface area contributed by atoms with Gasteiger partial charge >= 0.3 is 0 Å². The van der Waals surface area contributed by atoms with Crippen molar-refractivity contribution in [2.24, 2.45) is 5.92 Å². The normalized spacial score (nSPS) is 14.5. The van der Waals surface area contributed by atoms with Crippen LogP contribution in [0, 0.1) is 12.8 Å². The fraction of sp³-hybridized carbons (Fsp3) is 0.409. The zero-order chi connectivity index (χ0) is 19.2. The Hall–Kier alpha value is -2.69. The van der Waals surface area contributed by atoms with Crippen molar-refractivity contribution in [2.45, 2.75) is 46.0 Å². The second-order valence-electron chi connectivity index (χ2n) is 8.60. The lowest BCUT2D eigenvalue weighted by Crippen LogP contribution is -2.25. The summed E-state index contributed by atoms with van der Waals surface area (Å²) in [5.41, 5.74) is 4.68. The first kappa shape index (κ1) is 17.7. The zero-order valence-electron chi connectivity index (χ0n) is 16.4. The molecule has 2 aromatic heterocycles. The van der Waals surface area contributed by atoms with Crippen LogP contribution >= 0.6 is 0 Å². The van der Waals surface area contributed by atoms with Crippen molar-refractivity contribution >= 4 is 11.6 Å². The number of hydrogen-bond donors (Lipinski definition) is 1. The molecule has 5 heteroatoms. The van der Waals surface area contributed by atoms with Crippen LogP contribution in [0.4, 0.5) is 0 Å². The summed E-state index contributed by atoms with van der Waals surface area (Å²) in [5, 5.41) is 11.8. The molecule has 27 heavy (non-hydrogen) atoms. The molecule has 1 N–H and O–H groups in total. The molecule has 4 rings (SSSR count). The molecule has 1 amide bonds. The van der Waals surface area contributed by atoms with Gasteiger partial charge in [0.15, 0.2) is 5.65 Å². The topological polar surface area (TPSA) is 59.3 Å². The molecule has 0 aliphatic heterocycles. The van der Waals surface area contributed by atoms with Gasteiger partial charge in [-0.25, -0.2) is 0 Å². The van der Waals surface area contributed by atoms with E-state index < -0.39 is 0 Å². The lowest BCUT2D eigenvalue weighted by atomic mass is 9.95. The van der Waals surface area contributed by atoms with Gasteiger partial charge in [0.05, 0.1) is 0 Å². The maximum Gasteiger partial charge on any atom is 0.251 e. The second kappa shape index (κ2) is 6.48. The number of benzene rings is 1. The molecule has 1 saturated carbocycles. The molecule has 3 aromatic rings. The van der Waals surface area contributed by atoms with Gasteiger partial charge in [0.2, 0.25) is 0 Å². The second-order valence-corrected chi connectivity index (χ2v) is 8.60. The van der Waals surface area contributed by atoms with Crippen molar-refractivity contribution in [3.05, 3.63) is 53.5 Å². The maximum atomic E-state index is 12.5. The van der Waals surface area contributed by atoms with Crippen LogP contribution in [0.25, 0.3) is 16.8 Å². The molecule has 5 nitrogen and oxygen atoms in total. The van der Waals surface area contributed by atoms with Crippen LogP contribution in [-0.2, 0) is 5.41 Å². The molecule has 0 unspecified atom stereocenters. The minimum absolute atomic E-state index is 0.00160. The van der Waals surface area contributed by atoms with Crippen molar-refractivity contribution in [3.63, 3.8) is 0 Å². The molecular formula is C22H26N4O. The Bertz CT molecular complexity index is 1010. The highest BCUT2D eigenvalue weighted by Crippen LogP contribution is 2.29. The minimum atomic E-state index is -0.0730. The van der Waals surface area contributed by atoms with E-state index in [-0.39, 0.29) is 11.3 Å². The molecule has 1 fully saturated rings. The van der Waals surface area contributed by atoms with Gasteiger partial charge in [-0.3, -0.25) is 9.20 Å². The van der Waals surface area contributed by atoms with Crippen LogP contribution in [0.2, 0.25) is 0 Å². The van der Waals surface area contributed by atoms with E-state index in [2.05, 4.69) is 49.3 Å². The smallest absolute Gasteiger partial charge is 0.251 e. The largest absolute Gasteiger partial charge is 0.352 e. The van der Waals surface area contributed by atoms with Crippen LogP contribution in [0.1, 0.15) is 55.4 Å². The summed E-state index contributed by atoms with van der Waals surface area (Å²) in [6, 6.07) is 9.99. The van der Waals surface area contributed by atoms with E-state index in [4.69, 9.17) is 0 Å². The average molecular weight is 362 g/mol. The number of nitrogens with zero attached hydrogens (tertiary/aromatic N) is 3. The molecule has 0 radical (unpaired) electrons. The summed E-state index contributed by atoms with van der Waals surface area (Å²) in [4.78, 5) is 12.5. The number of rotatable bonds is 4. The summed E-state index contributed by atoms with van der Waals surface area (Å²) in [5.74, 6) is 1.61. The Balaban J connectivity index is 1.67. The van der Waals surface area contributed by atoms with E-state index >= 15 is 0 Å². The van der Waals surface area contributed by atoms with Gasteiger partial charge in [0.1, 0.15) is 5.82 Å². The van der Waals surface area contributed by atoms with Crippen LogP contribution in [-0.4, -0.2) is 27.0 Å². The van der Waals surface area contributed by atoms with Gasteiger partial charge in [0, 0.05) is 23.7 Å². The molecule has 1 aromatic carbocycles. The zero-order valence-corrected chi connectivity index (χ0v) is 16.4. The molecule has 0 bridgehead atoms. The summed E-state index contributed by atoms with van der Waals surface area (Å²) in [7, 11) is 0. The highest BCUT2D eigenvalue weighted by Gasteiger charge is 2.23. The highest BCUT2D eigenvalue weighted by molar-refractivity contribution is 5.95. The monoisotopic (exact) mass is 362 g/mol. The third kappa shape index (κ3) is 3.59. The van der Waals surface area contributed by atoms with E-state index in [9.17, 15) is 4.79 Å². The SMILES string of the molecule is Cc1ccc(C(=O)NCC2CC2)cc1-c1ccn2c(C(C)(C)C)nnc2c1. The fourth-order valence-electron chi connectivity index (χ4n) is 3.31. The fourth-order valence-corrected chi connectivity index (χ4v) is 3.31. The van der Waals surface area contributed by atoms with E-state index in [0.717, 1.165) is 34.7 Å². The Morgan fingerprint density at radius 1 is 1.19 bits per heavy atom. The first-order valence-corrected chi connectivity index (χ1v) is 9.57. The Labute approximate surface area is 159 Å². The lowest BCUT2D eigenvalue weighted by Gasteiger charge is -2.16. The van der Waals surface area contributed by atoms with Crippen LogP contribution in [0.15, 0.2) is 36.5 Å². The first-order valence-electron chi connectivity index (χ1n) is 9.57. The number of fused-ring (bicyclic) bond motifs is 1. The van der Waals surface area contributed by atoms with Crippen LogP contribution in [0.5, 0.6) is 0 Å². The number of carbonyl (C=O) groups excluding carboxylic acids is 1. The summed E-state index contributed by atoms with van der Waals surface area (Å²) >= 11 is 0. The van der Waals surface area contributed by atoms with Crippen LogP contribution in [0.3, 0.4) is 0 Å². The number of hydrogen-bond acceptors (Lipinski definition) is 3. The Morgan fingerprint density at radius 2 is 1.96 bits per heavy atom. The van der Waals surface area contributed by atoms with Gasteiger partial charge in [-0.2, -0.15) is 0 Å². The predicted molar refractivity (Wildman–Crippen MR) is 107 cm³/mol. The van der Waals surface area contributed by atoms with Gasteiger partial charge in [-0.15, -0.1) is 10.2 Å². The van der Waals surface area contributed by atoms with Crippen molar-refractivity contribution in [2.75, 3.05) is 6.54 Å². The third-order valence-corrected chi connectivity index (χ3v) is 5.14. The summed E-state index contributed by atoms with van der Waals surface area (Å²) in [6.07, 6.45) is 4.48. The third-order valence-electron chi connectivity index (χ3n) is 5.14. The van der Waals surface area contributed by atoms with Gasteiger partial charge in [0.25, 0.3) is 5.91 Å². The molecule has 1 aliphatic rings. The maximum absolute atomic E-state index is 12.5. The highest BCUT2D eigenvalue weighted by atomic mass is 16.1. The average Bonchev–Trinajstić information content (AvgIpc) is 3.35. The van der Waals surface area contributed by atoms with Gasteiger partial charge < -0.3 is 5.32 Å². The molecule has 0 spiro atoms.